The Morgan fingerprint density at radius 2 is 2.20 bits per heavy atom. The first-order chi connectivity index (χ1) is 7.02. The number of nitrogens with zero attached hydrogens (tertiary/aromatic N) is 4. The topological polar surface area (TPSA) is 41.9 Å². The predicted molar refractivity (Wildman–Crippen MR) is 65.7 cm³/mol. The van der Waals surface area contributed by atoms with Gasteiger partial charge in [-0.05, 0) is 12.6 Å². The Kier molecular flexibility index (Phi) is 2.63. The van der Waals surface area contributed by atoms with E-state index in [9.17, 15) is 0 Å². The summed E-state index contributed by atoms with van der Waals surface area (Å²) in [5.74, 6) is 0.837. The molecule has 0 amide bonds. The zero-order chi connectivity index (χ0) is 11.1. The Balaban J connectivity index is 2.36. The zero-order valence-electron chi connectivity index (χ0n) is 9.73. The summed E-state index contributed by atoms with van der Waals surface area (Å²) in [7, 11) is -1.58. The van der Waals surface area contributed by atoms with Crippen LogP contribution in [0.2, 0.25) is 25.3 Å². The van der Waals surface area contributed by atoms with Crippen molar-refractivity contribution in [3.8, 4) is 0 Å². The van der Waals surface area contributed by atoms with Crippen LogP contribution >= 0.6 is 0 Å². The van der Waals surface area contributed by atoms with E-state index in [4.69, 9.17) is 0 Å². The average Bonchev–Trinajstić information content (AvgIpc) is 2.37. The third-order valence-electron chi connectivity index (χ3n) is 3.15. The van der Waals surface area contributed by atoms with E-state index < -0.39 is 8.24 Å². The molecule has 1 aromatic rings. The average molecular weight is 237 g/mol. The maximum Gasteiger partial charge on any atom is 0.237 e. The molecule has 1 aliphatic rings. The van der Waals surface area contributed by atoms with Gasteiger partial charge in [-0.25, -0.2) is 4.98 Å². The molecule has 1 fully saturated rings. The normalized spacial score (nSPS) is 25.9. The summed E-state index contributed by atoms with van der Waals surface area (Å²) in [4.78, 5) is 4.34. The molecule has 4 nitrogen and oxygen atoms in total. The molecule has 0 bridgehead atoms. The van der Waals surface area contributed by atoms with Crippen LogP contribution in [0.1, 0.15) is 6.92 Å². The van der Waals surface area contributed by atoms with Crippen molar-refractivity contribution < 1.29 is 0 Å². The number of hydrogen-bond donors (Lipinski definition) is 0. The number of hydrogen-bond acceptors (Lipinski definition) is 4. The van der Waals surface area contributed by atoms with E-state index in [1.165, 1.54) is 5.67 Å². The highest BCUT2D eigenvalue weighted by atomic mass is 28.4. The van der Waals surface area contributed by atoms with Crippen LogP contribution in [-0.4, -0.2) is 37.9 Å². The largest absolute Gasteiger partial charge is 0.367 e. The third kappa shape index (κ3) is 1.83. The lowest BCUT2D eigenvalue weighted by molar-refractivity contribution is 0.869. The Labute approximate surface area is 93.4 Å². The summed E-state index contributed by atoms with van der Waals surface area (Å²) in [6.45, 7) is 9.54. The molecule has 0 aromatic carbocycles. The molecule has 1 aliphatic heterocycles. The first kappa shape index (κ1) is 10.8. The molecular formula is C9H17N4Si2. The van der Waals surface area contributed by atoms with Gasteiger partial charge in [0.2, 0.25) is 5.95 Å². The second-order valence-electron chi connectivity index (χ2n) is 4.82. The summed E-state index contributed by atoms with van der Waals surface area (Å²) in [6, 6.07) is 0. The molecule has 0 spiro atoms. The van der Waals surface area contributed by atoms with Gasteiger partial charge in [-0.15, -0.1) is 5.10 Å². The fourth-order valence-electron chi connectivity index (χ4n) is 2.45. The SMILES string of the molecule is CC1N(c2nccnn2)[Si](C)(C)C[Si]1C. The van der Waals surface area contributed by atoms with E-state index in [2.05, 4.69) is 46.3 Å². The highest BCUT2D eigenvalue weighted by Crippen LogP contribution is 2.32. The van der Waals surface area contributed by atoms with E-state index in [0.717, 1.165) is 5.95 Å². The first-order valence-corrected chi connectivity index (χ1v) is 10.7. The summed E-state index contributed by atoms with van der Waals surface area (Å²) >= 11 is 0. The number of aromatic nitrogens is 3. The van der Waals surface area contributed by atoms with Gasteiger partial charge in [-0.3, -0.25) is 0 Å². The van der Waals surface area contributed by atoms with Gasteiger partial charge in [0.15, 0.2) is 8.24 Å². The molecule has 2 heterocycles. The zero-order valence-corrected chi connectivity index (χ0v) is 11.7. The van der Waals surface area contributed by atoms with Gasteiger partial charge in [0, 0.05) is 5.67 Å². The fourth-order valence-corrected chi connectivity index (χ4v) is 13.7. The predicted octanol–water partition coefficient (Wildman–Crippen LogP) is 1.49. The molecule has 0 saturated carbocycles. The van der Waals surface area contributed by atoms with Gasteiger partial charge in [-0.1, -0.05) is 19.6 Å². The molecule has 81 valence electrons. The van der Waals surface area contributed by atoms with Gasteiger partial charge in [-0.2, -0.15) is 5.10 Å². The van der Waals surface area contributed by atoms with Crippen molar-refractivity contribution in [3.05, 3.63) is 12.4 Å². The Hall–Kier alpha value is -0.756. The van der Waals surface area contributed by atoms with Gasteiger partial charge >= 0.3 is 0 Å². The van der Waals surface area contributed by atoms with Crippen LogP contribution in [0, 0.1) is 0 Å². The Morgan fingerprint density at radius 1 is 1.47 bits per heavy atom. The minimum absolute atomic E-state index is 0.257. The molecule has 6 heteroatoms. The molecule has 1 unspecified atom stereocenters. The Bertz CT molecular complexity index is 343. The lowest BCUT2D eigenvalue weighted by atomic mass is 10.7. The van der Waals surface area contributed by atoms with Gasteiger partial charge in [0.05, 0.1) is 21.2 Å². The fraction of sp³-hybridized carbons (Fsp3) is 0.667. The molecule has 15 heavy (non-hydrogen) atoms. The van der Waals surface area contributed by atoms with E-state index in [-0.39, 0.29) is 8.80 Å². The lowest BCUT2D eigenvalue weighted by Crippen LogP contribution is -2.48. The monoisotopic (exact) mass is 237 g/mol. The highest BCUT2D eigenvalue weighted by molar-refractivity contribution is 6.95. The van der Waals surface area contributed by atoms with Crippen LogP contribution < -0.4 is 4.57 Å². The summed E-state index contributed by atoms with van der Waals surface area (Å²) < 4.78 is 2.47. The van der Waals surface area contributed by atoms with E-state index >= 15 is 0 Å². The quantitative estimate of drug-likeness (QED) is 0.694. The van der Waals surface area contributed by atoms with Gasteiger partial charge in [0.1, 0.15) is 0 Å². The molecular weight excluding hydrogens is 220 g/mol. The maximum absolute atomic E-state index is 4.34. The first-order valence-electron chi connectivity index (χ1n) is 5.28. The molecule has 0 aliphatic carbocycles. The number of rotatable bonds is 1. The smallest absolute Gasteiger partial charge is 0.237 e. The van der Waals surface area contributed by atoms with Crippen molar-refractivity contribution in [1.29, 1.82) is 0 Å². The van der Waals surface area contributed by atoms with E-state index in [1.54, 1.807) is 12.4 Å². The van der Waals surface area contributed by atoms with Crippen LogP contribution in [0.3, 0.4) is 0 Å². The molecule has 1 atom stereocenters. The molecule has 0 N–H and O–H groups in total. The molecule has 1 radical (unpaired) electrons. The van der Waals surface area contributed by atoms with Gasteiger partial charge in [0.25, 0.3) is 0 Å². The second-order valence-corrected chi connectivity index (χ2v) is 12.9. The van der Waals surface area contributed by atoms with Crippen LogP contribution in [0.15, 0.2) is 12.4 Å². The summed E-state index contributed by atoms with van der Waals surface area (Å²) in [6.07, 6.45) is 3.37. The van der Waals surface area contributed by atoms with Crippen LogP contribution in [0.4, 0.5) is 5.95 Å². The Morgan fingerprint density at radius 3 is 2.67 bits per heavy atom. The van der Waals surface area contributed by atoms with Crippen molar-refractivity contribution in [3.63, 3.8) is 0 Å². The lowest BCUT2D eigenvalue weighted by Gasteiger charge is -2.33. The van der Waals surface area contributed by atoms with Crippen molar-refractivity contribution in [2.75, 3.05) is 4.57 Å². The van der Waals surface area contributed by atoms with E-state index in [1.807, 2.05) is 0 Å². The molecule has 2 rings (SSSR count). The van der Waals surface area contributed by atoms with Crippen LogP contribution in [0.25, 0.3) is 0 Å². The standard InChI is InChI=1S/C9H17N4Si2/c1-8-13(9-10-5-6-11-12-9)15(3,4)7-14(8)2/h5-6,8H,7H2,1-4H3. The van der Waals surface area contributed by atoms with Gasteiger partial charge < -0.3 is 4.57 Å². The minimum Gasteiger partial charge on any atom is -0.367 e. The number of anilines is 1. The molecule has 1 saturated heterocycles. The summed E-state index contributed by atoms with van der Waals surface area (Å²) in [5.41, 5.74) is 2.05. The van der Waals surface area contributed by atoms with Crippen molar-refractivity contribution in [2.24, 2.45) is 0 Å². The van der Waals surface area contributed by atoms with E-state index in [0.29, 0.717) is 5.67 Å². The third-order valence-corrected chi connectivity index (χ3v) is 12.7. The summed E-state index contributed by atoms with van der Waals surface area (Å²) in [5, 5.41) is 8.09. The van der Waals surface area contributed by atoms with Crippen LogP contribution in [-0.2, 0) is 0 Å². The second kappa shape index (κ2) is 3.67. The van der Waals surface area contributed by atoms with Crippen molar-refractivity contribution >= 4 is 23.0 Å². The minimum atomic E-state index is -1.32. The van der Waals surface area contributed by atoms with Crippen molar-refractivity contribution in [1.82, 2.24) is 15.2 Å². The highest BCUT2D eigenvalue weighted by Gasteiger charge is 2.45. The molecule has 1 aromatic heterocycles. The maximum atomic E-state index is 4.34. The van der Waals surface area contributed by atoms with Crippen molar-refractivity contribution in [2.45, 2.75) is 37.9 Å². The van der Waals surface area contributed by atoms with Crippen LogP contribution in [0.5, 0.6) is 0 Å².